The molecule has 4 rings (SSSR count). The summed E-state index contributed by atoms with van der Waals surface area (Å²) in [6.07, 6.45) is -3.04. The SMILES string of the molecule is [N-]=[N+]=Nc1nc2c(N)ncnc2n1C1CC(OC(=O)c2ccccc2N)C(COP(=O)(O)OP(=O)(O)OP(=O)(O)O)O1. The zero-order valence-corrected chi connectivity index (χ0v) is 23.3. The lowest BCUT2D eigenvalue weighted by Gasteiger charge is -2.21. The number of phosphoric ester groups is 1. The highest BCUT2D eigenvalue weighted by Gasteiger charge is 2.45. The van der Waals surface area contributed by atoms with E-state index in [1.165, 1.54) is 22.8 Å². The molecule has 5 unspecified atom stereocenters. The standard InChI is InChI=1S/C17H20N9O13P3/c18-9-4-2-1-3-8(9)16(27)37-10-5-12(26-15-13(14(19)21-7-22-15)23-17(26)24-25-20)36-11(10)6-35-41(31,32)39-42(33,34)38-40(28,29)30/h1-4,7,10-12H,5-6,18H2,(H,31,32)(H,33,34)(H2,19,21,22)(H2,28,29,30). The van der Waals surface area contributed by atoms with Gasteiger partial charge in [0.25, 0.3) is 0 Å². The maximum atomic E-state index is 12.9. The molecule has 0 spiro atoms. The molecule has 0 saturated carbocycles. The van der Waals surface area contributed by atoms with Gasteiger partial charge in [-0.3, -0.25) is 9.09 Å². The number of carbonyl (C=O) groups excluding carboxylic acids is 1. The molecule has 1 saturated heterocycles. The number of benzene rings is 1. The molecule has 42 heavy (non-hydrogen) atoms. The van der Waals surface area contributed by atoms with E-state index in [0.29, 0.717) is 0 Å². The number of azide groups is 1. The number of nitrogens with zero attached hydrogens (tertiary/aromatic N) is 7. The third kappa shape index (κ3) is 7.47. The fraction of sp³-hybridized carbons (Fsp3) is 0.294. The Morgan fingerprint density at radius 1 is 1.14 bits per heavy atom. The summed E-state index contributed by atoms with van der Waals surface area (Å²) in [6.45, 7) is -0.969. The highest BCUT2D eigenvalue weighted by molar-refractivity contribution is 7.66. The monoisotopic (exact) mass is 651 g/mol. The third-order valence-corrected chi connectivity index (χ3v) is 9.15. The van der Waals surface area contributed by atoms with Crippen LogP contribution in [0.2, 0.25) is 0 Å². The number of para-hydroxylation sites is 1. The fourth-order valence-corrected chi connectivity index (χ4v) is 6.81. The van der Waals surface area contributed by atoms with E-state index < -0.39 is 54.5 Å². The molecule has 1 aliphatic heterocycles. The predicted molar refractivity (Wildman–Crippen MR) is 137 cm³/mol. The van der Waals surface area contributed by atoms with Crippen LogP contribution < -0.4 is 11.5 Å². The molecule has 25 heteroatoms. The lowest BCUT2D eigenvalue weighted by molar-refractivity contribution is -0.0485. The molecule has 3 aromatic rings. The molecule has 0 radical (unpaired) electrons. The first kappa shape index (κ1) is 31.5. The number of imidazole rings is 1. The zero-order chi connectivity index (χ0) is 30.9. The molecular formula is C17H20N9O13P3. The maximum absolute atomic E-state index is 12.9. The van der Waals surface area contributed by atoms with Gasteiger partial charge in [0, 0.05) is 17.0 Å². The number of aromatic nitrogens is 4. The lowest BCUT2D eigenvalue weighted by Crippen LogP contribution is -2.31. The first-order valence-corrected chi connectivity index (χ1v) is 15.6. The van der Waals surface area contributed by atoms with Crippen molar-refractivity contribution in [2.75, 3.05) is 18.1 Å². The molecule has 8 N–H and O–H groups in total. The molecule has 3 heterocycles. The zero-order valence-electron chi connectivity index (χ0n) is 20.6. The summed E-state index contributed by atoms with van der Waals surface area (Å²) in [5.41, 5.74) is 20.8. The molecule has 2 aromatic heterocycles. The van der Waals surface area contributed by atoms with E-state index >= 15 is 0 Å². The first-order valence-electron chi connectivity index (χ1n) is 11.1. The number of esters is 1. The number of ether oxygens (including phenoxy) is 2. The Morgan fingerprint density at radius 3 is 2.52 bits per heavy atom. The summed E-state index contributed by atoms with van der Waals surface area (Å²) >= 11 is 0. The van der Waals surface area contributed by atoms with Crippen molar-refractivity contribution in [1.82, 2.24) is 19.5 Å². The van der Waals surface area contributed by atoms with E-state index in [4.69, 9.17) is 36.3 Å². The van der Waals surface area contributed by atoms with Gasteiger partial charge < -0.3 is 40.5 Å². The Morgan fingerprint density at radius 2 is 1.86 bits per heavy atom. The molecular weight excluding hydrogens is 631 g/mol. The van der Waals surface area contributed by atoms with Gasteiger partial charge in [-0.05, 0) is 22.8 Å². The van der Waals surface area contributed by atoms with Gasteiger partial charge >= 0.3 is 29.4 Å². The minimum Gasteiger partial charge on any atom is -0.456 e. The van der Waals surface area contributed by atoms with Crippen molar-refractivity contribution in [2.45, 2.75) is 24.9 Å². The number of phosphoric acid groups is 3. The summed E-state index contributed by atoms with van der Waals surface area (Å²) in [7, 11) is -17.0. The molecule has 226 valence electrons. The van der Waals surface area contributed by atoms with Crippen molar-refractivity contribution >= 4 is 58.1 Å². The van der Waals surface area contributed by atoms with Crippen LogP contribution in [0.3, 0.4) is 0 Å². The summed E-state index contributed by atoms with van der Waals surface area (Å²) in [5, 5.41) is 3.49. The fourth-order valence-electron chi connectivity index (χ4n) is 3.78. The van der Waals surface area contributed by atoms with Gasteiger partial charge in [-0.25, -0.2) is 33.4 Å². The van der Waals surface area contributed by atoms with Gasteiger partial charge in [0.15, 0.2) is 17.0 Å². The summed E-state index contributed by atoms with van der Waals surface area (Å²) in [4.78, 5) is 64.2. The van der Waals surface area contributed by atoms with Gasteiger partial charge in [-0.1, -0.05) is 12.1 Å². The topological polar surface area (TPSA) is 340 Å². The Balaban J connectivity index is 1.63. The number of hydrogen-bond donors (Lipinski definition) is 6. The Hall–Kier alpha value is -3.48. The van der Waals surface area contributed by atoms with Crippen molar-refractivity contribution in [2.24, 2.45) is 5.11 Å². The first-order chi connectivity index (χ1) is 19.6. The van der Waals surface area contributed by atoms with E-state index in [-0.39, 0.29) is 40.6 Å². The van der Waals surface area contributed by atoms with Crippen LogP contribution in [0.25, 0.3) is 21.6 Å². The average molecular weight is 651 g/mol. The molecule has 1 fully saturated rings. The molecule has 22 nitrogen and oxygen atoms in total. The van der Waals surface area contributed by atoms with Crippen LogP contribution in [-0.4, -0.2) is 63.9 Å². The number of fused-ring (bicyclic) bond motifs is 1. The van der Waals surface area contributed by atoms with Gasteiger partial charge in [0.1, 0.15) is 24.8 Å². The molecule has 0 bridgehead atoms. The van der Waals surface area contributed by atoms with Gasteiger partial charge in [-0.2, -0.15) is 8.62 Å². The van der Waals surface area contributed by atoms with Crippen LogP contribution in [0.5, 0.6) is 0 Å². The smallest absolute Gasteiger partial charge is 0.456 e. The van der Waals surface area contributed by atoms with E-state index in [0.717, 1.165) is 6.33 Å². The summed E-state index contributed by atoms with van der Waals surface area (Å²) in [5.74, 6) is -1.28. The number of anilines is 2. The van der Waals surface area contributed by atoms with Crippen LogP contribution >= 0.6 is 23.5 Å². The van der Waals surface area contributed by atoms with Gasteiger partial charge in [-0.15, -0.1) is 0 Å². The van der Waals surface area contributed by atoms with Crippen molar-refractivity contribution in [1.29, 1.82) is 0 Å². The minimum absolute atomic E-state index is 0.0315. The quantitative estimate of drug-likeness (QED) is 0.0429. The number of carbonyl (C=O) groups is 1. The number of rotatable bonds is 11. The summed E-state index contributed by atoms with van der Waals surface area (Å²) < 4.78 is 59.5. The lowest BCUT2D eigenvalue weighted by atomic mass is 10.1. The second-order valence-corrected chi connectivity index (χ2v) is 12.6. The van der Waals surface area contributed by atoms with Gasteiger partial charge in [0.2, 0.25) is 5.95 Å². The van der Waals surface area contributed by atoms with Crippen molar-refractivity contribution in [3.8, 4) is 0 Å². The van der Waals surface area contributed by atoms with E-state index in [1.807, 2.05) is 0 Å². The molecule has 1 aliphatic rings. The Kier molecular flexibility index (Phi) is 9.00. The van der Waals surface area contributed by atoms with Crippen molar-refractivity contribution in [3.05, 3.63) is 46.6 Å². The number of hydrogen-bond acceptors (Lipinski definition) is 15. The van der Waals surface area contributed by atoms with Crippen LogP contribution in [0.1, 0.15) is 23.0 Å². The molecule has 1 aromatic carbocycles. The largest absolute Gasteiger partial charge is 0.490 e. The maximum Gasteiger partial charge on any atom is 0.490 e. The highest BCUT2D eigenvalue weighted by atomic mass is 31.3. The van der Waals surface area contributed by atoms with E-state index in [1.54, 1.807) is 6.07 Å². The van der Waals surface area contributed by atoms with Crippen molar-refractivity contribution < 1.29 is 60.7 Å². The molecule has 0 amide bonds. The van der Waals surface area contributed by atoms with Crippen LogP contribution in [0, 0.1) is 0 Å². The predicted octanol–water partition coefficient (Wildman–Crippen LogP) is 1.79. The van der Waals surface area contributed by atoms with Gasteiger partial charge in [0.05, 0.1) is 12.2 Å². The minimum atomic E-state index is -5.80. The highest BCUT2D eigenvalue weighted by Crippen LogP contribution is 2.66. The van der Waals surface area contributed by atoms with Crippen molar-refractivity contribution in [3.63, 3.8) is 0 Å². The summed E-state index contributed by atoms with van der Waals surface area (Å²) in [6, 6.07) is 5.89. The average Bonchev–Trinajstić information content (AvgIpc) is 3.42. The van der Waals surface area contributed by atoms with E-state index in [9.17, 15) is 28.3 Å². The number of nitrogens with two attached hydrogens (primary N) is 2. The Bertz CT molecular complexity index is 1710. The number of nitrogen functional groups attached to an aromatic ring is 2. The van der Waals surface area contributed by atoms with E-state index in [2.05, 4.69) is 38.1 Å². The van der Waals surface area contributed by atoms with Crippen LogP contribution in [-0.2, 0) is 36.3 Å². The molecule has 5 atom stereocenters. The second-order valence-electron chi connectivity index (χ2n) is 8.19. The second kappa shape index (κ2) is 12.0. The molecule has 0 aliphatic carbocycles. The normalized spacial score (nSPS) is 21.8. The van der Waals surface area contributed by atoms with Crippen LogP contribution in [0.4, 0.5) is 17.5 Å². The Labute approximate surface area is 233 Å². The third-order valence-electron chi connectivity index (χ3n) is 5.35. The van der Waals surface area contributed by atoms with Crippen LogP contribution in [0.15, 0.2) is 35.7 Å².